The van der Waals surface area contributed by atoms with Gasteiger partial charge in [0.05, 0.1) is 0 Å². The van der Waals surface area contributed by atoms with Crippen molar-refractivity contribution in [3.63, 3.8) is 0 Å². The maximum absolute atomic E-state index is 8.38. The van der Waals surface area contributed by atoms with Crippen molar-refractivity contribution in [2.75, 3.05) is 0 Å². The Morgan fingerprint density at radius 1 is 1.20 bits per heavy atom. The molecule has 0 aliphatic carbocycles. The van der Waals surface area contributed by atoms with E-state index in [0.717, 1.165) is 0 Å². The van der Waals surface area contributed by atoms with Gasteiger partial charge in [-0.05, 0) is 0 Å². The van der Waals surface area contributed by atoms with Crippen LogP contribution >= 0.6 is 0 Å². The van der Waals surface area contributed by atoms with Crippen molar-refractivity contribution in [2.45, 2.75) is 0 Å². The van der Waals surface area contributed by atoms with Gasteiger partial charge in [-0.15, -0.1) is 0 Å². The van der Waals surface area contributed by atoms with E-state index in [-0.39, 0.29) is 83.4 Å². The molecule has 0 aromatic heterocycles. The first kappa shape index (κ1) is 25.7. The van der Waals surface area contributed by atoms with E-state index in [9.17, 15) is 0 Å². The molecule has 0 fully saturated rings. The zero-order chi connectivity index (χ0) is 2.00. The van der Waals surface area contributed by atoms with Crippen LogP contribution in [0.2, 0.25) is 0 Å². The van der Waals surface area contributed by atoms with Crippen molar-refractivity contribution < 1.29 is 41.3 Å². The van der Waals surface area contributed by atoms with Gasteiger partial charge < -0.3 is 0 Å². The fraction of sp³-hybridized carbons (Fsp3) is 0. The summed E-state index contributed by atoms with van der Waals surface area (Å²) >= 11 is 0.125. The maximum atomic E-state index is 8.38. The second-order valence-corrected chi connectivity index (χ2v) is 0. The Hall–Kier alpha value is 2.55. The molecule has 0 rings (SSSR count). The van der Waals surface area contributed by atoms with E-state index in [2.05, 4.69) is 0 Å². The SMILES string of the molecule is [GaH3].[InH2].[O]=[Zn].[Zn]. The third-order valence-electron chi connectivity index (χ3n) is 0. The molecule has 0 saturated carbocycles. The van der Waals surface area contributed by atoms with Crippen LogP contribution in [0.3, 0.4) is 0 Å². The summed E-state index contributed by atoms with van der Waals surface area (Å²) in [6.45, 7) is 0. The molecule has 0 bridgehead atoms. The second-order valence-electron chi connectivity index (χ2n) is 0. The average Bonchev–Trinajstić information content (AvgIpc) is 1.00. The van der Waals surface area contributed by atoms with Crippen molar-refractivity contribution in [3.05, 3.63) is 0 Å². The molecule has 0 unspecified atom stereocenters. The standard InChI is InChI=1S/Ga.In.O.2Zn.5H. The summed E-state index contributed by atoms with van der Waals surface area (Å²) in [6, 6.07) is 0. The van der Waals surface area contributed by atoms with Crippen LogP contribution in [0.15, 0.2) is 0 Å². The van der Waals surface area contributed by atoms with Crippen LogP contribution in [0.5, 0.6) is 0 Å². The molecule has 0 atom stereocenters. The molecule has 21 valence electrons. The Kier molecular flexibility index (Phi) is 159. The van der Waals surface area contributed by atoms with Gasteiger partial charge in [0.25, 0.3) is 0 Å². The van der Waals surface area contributed by atoms with Crippen molar-refractivity contribution in [1.29, 1.82) is 0 Å². The summed E-state index contributed by atoms with van der Waals surface area (Å²) in [7, 11) is 0. The van der Waals surface area contributed by atoms with E-state index in [1.165, 1.54) is 0 Å². The Morgan fingerprint density at radius 3 is 1.20 bits per heavy atom. The van der Waals surface area contributed by atoms with E-state index in [0.29, 0.717) is 0 Å². The van der Waals surface area contributed by atoms with Gasteiger partial charge in [-0.3, -0.25) is 0 Å². The van der Waals surface area contributed by atoms with Crippen LogP contribution in [0, 0.1) is 0 Å². The molecule has 1 radical (unpaired) electrons. The van der Waals surface area contributed by atoms with Crippen LogP contribution in [-0.2, 0) is 41.3 Å². The van der Waals surface area contributed by atoms with E-state index >= 15 is 0 Å². The molecule has 0 aliphatic rings. The van der Waals surface area contributed by atoms with Crippen molar-refractivity contribution in [3.8, 4) is 0 Å². The monoisotopic (exact) mass is 333 g/mol. The molecular weight excluding hydrogens is 331 g/mol. The third kappa shape index (κ3) is 20.8. The fourth-order valence-electron chi connectivity index (χ4n) is 0. The predicted octanol–water partition coefficient (Wildman–Crippen LogP) is -2.22. The van der Waals surface area contributed by atoms with E-state index < -0.39 is 0 Å². The van der Waals surface area contributed by atoms with Gasteiger partial charge in [-0.2, -0.15) is 0 Å². The van der Waals surface area contributed by atoms with Crippen molar-refractivity contribution in [2.24, 2.45) is 0 Å². The summed E-state index contributed by atoms with van der Waals surface area (Å²) in [4.78, 5) is 0. The molecule has 5 heteroatoms. The average molecular weight is 336 g/mol. The first-order valence-corrected chi connectivity index (χ1v) is 1.50. The van der Waals surface area contributed by atoms with Crippen LogP contribution < -0.4 is 0 Å². The summed E-state index contributed by atoms with van der Waals surface area (Å²) in [5, 5.41) is 0. The zero-order valence-corrected chi connectivity index (χ0v) is 14.5. The van der Waals surface area contributed by atoms with Gasteiger partial charge in [0, 0.05) is 19.5 Å². The minimum Gasteiger partial charge on any atom is 0 e. The Labute approximate surface area is 85.6 Å². The third-order valence-corrected chi connectivity index (χ3v) is 0. The number of rotatable bonds is 0. The molecule has 0 aromatic carbocycles. The molecule has 1 nitrogen and oxygen atoms in total. The zero-order valence-electron chi connectivity index (χ0n) is 2.82. The van der Waals surface area contributed by atoms with Crippen LogP contribution in [0.4, 0.5) is 0 Å². The van der Waals surface area contributed by atoms with Crippen molar-refractivity contribution in [1.82, 2.24) is 0 Å². The summed E-state index contributed by atoms with van der Waals surface area (Å²) in [5.41, 5.74) is 0. The van der Waals surface area contributed by atoms with E-state index in [4.69, 9.17) is 3.57 Å². The molecule has 0 spiro atoms. The summed E-state index contributed by atoms with van der Waals surface area (Å²) in [5.74, 6) is 0. The quantitative estimate of drug-likeness (QED) is 0.458. The van der Waals surface area contributed by atoms with Crippen LogP contribution in [-0.4, -0.2) is 45.6 Å². The smallest absolute Gasteiger partial charge is 0 e. The summed E-state index contributed by atoms with van der Waals surface area (Å²) in [6.07, 6.45) is 0. The molecule has 0 aromatic rings. The fourth-order valence-corrected chi connectivity index (χ4v) is 0. The van der Waals surface area contributed by atoms with Gasteiger partial charge in [-0.1, -0.05) is 0 Å². The number of hydrogen-bond acceptors (Lipinski definition) is 1. The summed E-state index contributed by atoms with van der Waals surface area (Å²) < 4.78 is 8.38. The van der Waals surface area contributed by atoms with Gasteiger partial charge in [-0.25, -0.2) is 0 Å². The molecular formula is H5GaInOZn2. The first-order valence-electron chi connectivity index (χ1n) is 0.289. The number of hydrogen-bond donors (Lipinski definition) is 0. The molecule has 0 heterocycles. The Morgan fingerprint density at radius 2 is 1.20 bits per heavy atom. The second kappa shape index (κ2) is 31.0. The first-order chi connectivity index (χ1) is 1.00. The molecule has 0 saturated heterocycles. The maximum Gasteiger partial charge on any atom is 0 e. The van der Waals surface area contributed by atoms with Crippen LogP contribution in [0.1, 0.15) is 0 Å². The van der Waals surface area contributed by atoms with E-state index in [1.807, 2.05) is 0 Å². The minimum atomic E-state index is 0. The molecule has 0 amide bonds. The normalized spacial score (nSPS) is 1.20. The minimum absolute atomic E-state index is 0. The Balaban J connectivity index is -0.00000000167. The van der Waals surface area contributed by atoms with Crippen molar-refractivity contribution >= 4 is 45.6 Å². The van der Waals surface area contributed by atoms with Gasteiger partial charge in [0.1, 0.15) is 0 Å². The van der Waals surface area contributed by atoms with Crippen LogP contribution in [0.25, 0.3) is 0 Å². The van der Waals surface area contributed by atoms with Gasteiger partial charge in [0.2, 0.25) is 0 Å². The van der Waals surface area contributed by atoms with Gasteiger partial charge >= 0.3 is 67.5 Å². The molecule has 0 aliphatic heterocycles. The Bertz CT molecular complexity index is 9.61. The predicted molar refractivity (Wildman–Crippen MR) is 19.2 cm³/mol. The molecule has 5 heavy (non-hydrogen) atoms. The van der Waals surface area contributed by atoms with Gasteiger partial charge in [0.15, 0.2) is 0 Å². The topological polar surface area (TPSA) is 17.1 Å². The largest absolute Gasteiger partial charge is 0 e. The molecule has 0 N–H and O–H groups in total. The van der Waals surface area contributed by atoms with E-state index in [1.54, 1.807) is 0 Å².